The van der Waals surface area contributed by atoms with E-state index in [0.717, 1.165) is 13.1 Å². The lowest BCUT2D eigenvalue weighted by molar-refractivity contribution is -0.151. The number of nitrogens with zero attached hydrogens (tertiary/aromatic N) is 1. The molecule has 0 aliphatic carbocycles. The largest absolute Gasteiger partial charge is 0.465 e. The van der Waals surface area contributed by atoms with Crippen molar-refractivity contribution in [1.82, 2.24) is 10.2 Å². The van der Waals surface area contributed by atoms with Crippen LogP contribution in [0.2, 0.25) is 0 Å². The van der Waals surface area contributed by atoms with Crippen LogP contribution in [-0.4, -0.2) is 60.9 Å². The lowest BCUT2D eigenvalue weighted by atomic mass is 10.0. The molecule has 5 nitrogen and oxygen atoms in total. The van der Waals surface area contributed by atoms with Crippen LogP contribution in [-0.2, 0) is 14.3 Å². The maximum atomic E-state index is 12.1. The number of morpholine rings is 1. The number of carbonyl (C=O) groups excluding carboxylic acids is 1. The minimum absolute atomic E-state index is 0.168. The molecular formula is C15H30N2O3. The second-order valence-corrected chi connectivity index (χ2v) is 6.51. The van der Waals surface area contributed by atoms with E-state index < -0.39 is 0 Å². The molecule has 5 heteroatoms. The van der Waals surface area contributed by atoms with Crippen molar-refractivity contribution in [2.75, 3.05) is 26.2 Å². The Labute approximate surface area is 123 Å². The number of nitrogens with one attached hydrogen (secondary N) is 1. The Balaban J connectivity index is 2.65. The monoisotopic (exact) mass is 286 g/mol. The summed E-state index contributed by atoms with van der Waals surface area (Å²) < 4.78 is 11.1. The van der Waals surface area contributed by atoms with Crippen molar-refractivity contribution < 1.29 is 14.3 Å². The van der Waals surface area contributed by atoms with Gasteiger partial charge < -0.3 is 14.8 Å². The molecule has 2 unspecified atom stereocenters. The van der Waals surface area contributed by atoms with E-state index in [1.165, 1.54) is 0 Å². The molecule has 1 N–H and O–H groups in total. The van der Waals surface area contributed by atoms with Crippen molar-refractivity contribution in [1.29, 1.82) is 0 Å². The van der Waals surface area contributed by atoms with Crippen molar-refractivity contribution in [2.24, 2.45) is 0 Å². The van der Waals surface area contributed by atoms with Crippen molar-refractivity contribution in [3.05, 3.63) is 0 Å². The van der Waals surface area contributed by atoms with Crippen LogP contribution in [0.1, 0.15) is 41.5 Å². The number of hydrogen-bond acceptors (Lipinski definition) is 5. The molecule has 0 amide bonds. The molecule has 0 saturated carbocycles. The Kier molecular flexibility index (Phi) is 6.43. The van der Waals surface area contributed by atoms with Gasteiger partial charge in [0.25, 0.3) is 0 Å². The molecule has 0 aromatic rings. The zero-order chi connectivity index (χ0) is 15.3. The molecule has 2 atom stereocenters. The summed E-state index contributed by atoms with van der Waals surface area (Å²) in [6, 6.07) is -0.0352. The highest BCUT2D eigenvalue weighted by Gasteiger charge is 2.33. The average molecular weight is 286 g/mol. The van der Waals surface area contributed by atoms with Gasteiger partial charge in [-0.05, 0) is 27.7 Å². The minimum atomic E-state index is -0.281. The van der Waals surface area contributed by atoms with Gasteiger partial charge in [-0.25, -0.2) is 0 Å². The first-order valence-electron chi connectivity index (χ1n) is 7.56. The summed E-state index contributed by atoms with van der Waals surface area (Å²) in [6.45, 7) is 14.9. The lowest BCUT2D eigenvalue weighted by Crippen LogP contribution is -2.57. The van der Waals surface area contributed by atoms with E-state index in [9.17, 15) is 4.79 Å². The SMILES string of the molecule is CCOC(=O)C(CN1CC(C)OC(C)(C)C1)NC(C)C. The fraction of sp³-hybridized carbons (Fsp3) is 0.933. The van der Waals surface area contributed by atoms with Gasteiger partial charge in [-0.3, -0.25) is 9.69 Å². The quantitative estimate of drug-likeness (QED) is 0.748. The van der Waals surface area contributed by atoms with Gasteiger partial charge in [-0.2, -0.15) is 0 Å². The van der Waals surface area contributed by atoms with Crippen LogP contribution in [0.4, 0.5) is 0 Å². The van der Waals surface area contributed by atoms with E-state index in [2.05, 4.69) is 31.0 Å². The standard InChI is InChI=1S/C15H30N2O3/c1-7-19-14(18)13(16-11(2)3)9-17-8-12(4)20-15(5,6)10-17/h11-13,16H,7-10H2,1-6H3. The van der Waals surface area contributed by atoms with Gasteiger partial charge in [-0.15, -0.1) is 0 Å². The molecule has 0 aromatic carbocycles. The lowest BCUT2D eigenvalue weighted by Gasteiger charge is -2.42. The summed E-state index contributed by atoms with van der Waals surface area (Å²) in [7, 11) is 0. The van der Waals surface area contributed by atoms with Crippen LogP contribution >= 0.6 is 0 Å². The summed E-state index contributed by atoms with van der Waals surface area (Å²) in [5.41, 5.74) is -0.172. The predicted octanol–water partition coefficient (Wildman–Crippen LogP) is 1.42. The fourth-order valence-corrected chi connectivity index (χ4v) is 2.82. The second-order valence-electron chi connectivity index (χ2n) is 6.51. The van der Waals surface area contributed by atoms with Gasteiger partial charge in [0, 0.05) is 25.7 Å². The smallest absolute Gasteiger partial charge is 0.324 e. The van der Waals surface area contributed by atoms with Crippen LogP contribution in [0.3, 0.4) is 0 Å². The average Bonchev–Trinajstić information content (AvgIpc) is 2.24. The number of hydrogen-bond donors (Lipinski definition) is 1. The van der Waals surface area contributed by atoms with Crippen molar-refractivity contribution in [3.8, 4) is 0 Å². The Morgan fingerprint density at radius 2 is 2.15 bits per heavy atom. The molecule has 1 heterocycles. The maximum absolute atomic E-state index is 12.1. The third-order valence-corrected chi connectivity index (χ3v) is 3.19. The maximum Gasteiger partial charge on any atom is 0.324 e. The number of esters is 1. The molecule has 1 aliphatic heterocycles. The first-order valence-corrected chi connectivity index (χ1v) is 7.56. The van der Waals surface area contributed by atoms with Crippen LogP contribution in [0, 0.1) is 0 Å². The summed E-state index contributed by atoms with van der Waals surface area (Å²) >= 11 is 0. The normalized spacial score (nSPS) is 24.6. The Hall–Kier alpha value is -0.650. The van der Waals surface area contributed by atoms with Gasteiger partial charge in [0.05, 0.1) is 18.3 Å². The molecule has 0 radical (unpaired) electrons. The van der Waals surface area contributed by atoms with E-state index in [4.69, 9.17) is 9.47 Å². The van der Waals surface area contributed by atoms with Gasteiger partial charge >= 0.3 is 5.97 Å². The van der Waals surface area contributed by atoms with E-state index in [1.807, 2.05) is 20.8 Å². The van der Waals surface area contributed by atoms with E-state index in [0.29, 0.717) is 13.2 Å². The van der Waals surface area contributed by atoms with Gasteiger partial charge in [0.15, 0.2) is 0 Å². The molecule has 0 spiro atoms. The highest BCUT2D eigenvalue weighted by Crippen LogP contribution is 2.20. The van der Waals surface area contributed by atoms with Gasteiger partial charge in [-0.1, -0.05) is 13.8 Å². The van der Waals surface area contributed by atoms with Gasteiger partial charge in [0.1, 0.15) is 6.04 Å². The number of ether oxygens (including phenoxy) is 2. The van der Waals surface area contributed by atoms with Crippen LogP contribution in [0.25, 0.3) is 0 Å². The Morgan fingerprint density at radius 3 is 2.65 bits per heavy atom. The van der Waals surface area contributed by atoms with Crippen LogP contribution in [0.15, 0.2) is 0 Å². The summed E-state index contributed by atoms with van der Waals surface area (Å²) in [6.07, 6.45) is 0.181. The molecule has 1 fully saturated rings. The summed E-state index contributed by atoms with van der Waals surface area (Å²) in [5.74, 6) is -0.168. The molecule has 118 valence electrons. The minimum Gasteiger partial charge on any atom is -0.465 e. The first-order chi connectivity index (χ1) is 9.23. The molecule has 20 heavy (non-hydrogen) atoms. The summed E-state index contributed by atoms with van der Waals surface area (Å²) in [5, 5.41) is 3.30. The van der Waals surface area contributed by atoms with Crippen molar-refractivity contribution in [2.45, 2.75) is 65.3 Å². The zero-order valence-corrected chi connectivity index (χ0v) is 13.7. The zero-order valence-electron chi connectivity index (χ0n) is 13.7. The highest BCUT2D eigenvalue weighted by molar-refractivity contribution is 5.76. The Morgan fingerprint density at radius 1 is 1.50 bits per heavy atom. The third kappa shape index (κ3) is 5.77. The topological polar surface area (TPSA) is 50.8 Å². The van der Waals surface area contributed by atoms with E-state index >= 15 is 0 Å². The van der Waals surface area contributed by atoms with Crippen molar-refractivity contribution in [3.63, 3.8) is 0 Å². The summed E-state index contributed by atoms with van der Waals surface area (Å²) in [4.78, 5) is 14.3. The number of carbonyl (C=O) groups is 1. The molecule has 0 aromatic heterocycles. The molecule has 0 bridgehead atoms. The van der Waals surface area contributed by atoms with Crippen molar-refractivity contribution >= 4 is 5.97 Å². The highest BCUT2D eigenvalue weighted by atomic mass is 16.5. The molecular weight excluding hydrogens is 256 g/mol. The van der Waals surface area contributed by atoms with E-state index in [1.54, 1.807) is 0 Å². The fourth-order valence-electron chi connectivity index (χ4n) is 2.82. The molecule has 1 saturated heterocycles. The Bertz CT molecular complexity index is 318. The number of rotatable bonds is 6. The third-order valence-electron chi connectivity index (χ3n) is 3.19. The molecule has 1 aliphatic rings. The molecule has 1 rings (SSSR count). The van der Waals surface area contributed by atoms with E-state index in [-0.39, 0.29) is 29.8 Å². The van der Waals surface area contributed by atoms with Gasteiger partial charge in [0.2, 0.25) is 0 Å². The predicted molar refractivity (Wildman–Crippen MR) is 79.8 cm³/mol. The first kappa shape index (κ1) is 17.4. The van der Waals surface area contributed by atoms with Crippen LogP contribution in [0.5, 0.6) is 0 Å². The second kappa shape index (κ2) is 7.38. The van der Waals surface area contributed by atoms with Crippen LogP contribution < -0.4 is 5.32 Å².